The lowest BCUT2D eigenvalue weighted by molar-refractivity contribution is -0.136. The van der Waals surface area contributed by atoms with Crippen molar-refractivity contribution in [2.24, 2.45) is 5.11 Å². The summed E-state index contributed by atoms with van der Waals surface area (Å²) in [7, 11) is 0. The Labute approximate surface area is 196 Å². The van der Waals surface area contributed by atoms with Crippen LogP contribution in [0.4, 0.5) is 20.6 Å². The first-order valence-corrected chi connectivity index (χ1v) is 11.0. The molecule has 0 bridgehead atoms. The summed E-state index contributed by atoms with van der Waals surface area (Å²) in [6.07, 6.45) is -1.17. The Kier molecular flexibility index (Phi) is 7.46. The summed E-state index contributed by atoms with van der Waals surface area (Å²) >= 11 is 0. The predicted octanol–water partition coefficient (Wildman–Crippen LogP) is 3.33. The first kappa shape index (κ1) is 23.3. The van der Waals surface area contributed by atoms with E-state index >= 15 is 0 Å². The molecule has 11 heteroatoms. The maximum atomic E-state index is 14.9. The average molecular weight is 468 g/mol. The molecular weight excluding hydrogens is 443 g/mol. The van der Waals surface area contributed by atoms with Gasteiger partial charge in [0.05, 0.1) is 31.1 Å². The highest BCUT2D eigenvalue weighted by Crippen LogP contribution is 2.28. The van der Waals surface area contributed by atoms with Crippen molar-refractivity contribution in [3.05, 3.63) is 70.4 Å². The smallest absolute Gasteiger partial charge is 0.414 e. The van der Waals surface area contributed by atoms with Gasteiger partial charge >= 0.3 is 6.09 Å². The molecule has 4 rings (SSSR count). The van der Waals surface area contributed by atoms with Gasteiger partial charge in [0.25, 0.3) is 0 Å². The molecule has 178 valence electrons. The molecule has 2 aromatic carbocycles. The summed E-state index contributed by atoms with van der Waals surface area (Å²) < 4.78 is 25.6. The van der Waals surface area contributed by atoms with Crippen LogP contribution in [0.1, 0.15) is 5.56 Å². The van der Waals surface area contributed by atoms with E-state index in [9.17, 15) is 14.0 Å². The highest BCUT2D eigenvalue weighted by molar-refractivity contribution is 5.90. The van der Waals surface area contributed by atoms with Gasteiger partial charge in [-0.3, -0.25) is 9.69 Å². The molecule has 0 spiro atoms. The van der Waals surface area contributed by atoms with Crippen LogP contribution in [0.15, 0.2) is 53.6 Å². The molecular formula is C23H25FN6O4. The van der Waals surface area contributed by atoms with Gasteiger partial charge in [0, 0.05) is 31.1 Å². The number of cyclic esters (lactones) is 1. The number of halogens is 1. The molecule has 2 saturated heterocycles. The molecule has 2 amide bonds. The third-order valence-corrected chi connectivity index (χ3v) is 5.78. The highest BCUT2D eigenvalue weighted by atomic mass is 19.1. The lowest BCUT2D eigenvalue weighted by Crippen LogP contribution is -2.50. The Morgan fingerprint density at radius 3 is 2.65 bits per heavy atom. The molecule has 0 aliphatic carbocycles. The lowest BCUT2D eigenvalue weighted by Gasteiger charge is -2.36. The maximum Gasteiger partial charge on any atom is 0.414 e. The Morgan fingerprint density at radius 1 is 1.18 bits per heavy atom. The second-order valence-corrected chi connectivity index (χ2v) is 8.01. The number of carbonyl (C=O) groups is 2. The van der Waals surface area contributed by atoms with Gasteiger partial charge in [-0.1, -0.05) is 35.4 Å². The SMILES string of the molecule is [N-]=[N+]=NC[C@H]1CN(c2ccc(N3CCN(C(=O)COCc4ccccc4)CC3)c(F)c2)C(=O)O1. The van der Waals surface area contributed by atoms with Gasteiger partial charge in [-0.15, -0.1) is 0 Å². The summed E-state index contributed by atoms with van der Waals surface area (Å²) in [4.78, 5) is 32.1. The van der Waals surface area contributed by atoms with E-state index in [0.717, 1.165) is 5.56 Å². The van der Waals surface area contributed by atoms with Gasteiger partial charge in [0.15, 0.2) is 0 Å². The number of hydrogen-bond donors (Lipinski definition) is 0. The van der Waals surface area contributed by atoms with Crippen molar-refractivity contribution in [1.82, 2.24) is 4.90 Å². The standard InChI is InChI=1S/C23H25FN6O4/c24-20-12-18(30-14-19(13-26-27-25)34-23(30)32)6-7-21(20)28-8-10-29(11-9-28)22(31)16-33-15-17-4-2-1-3-5-17/h1-7,12,19H,8-11,13-16H2/t19-/m0/s1. The van der Waals surface area contributed by atoms with E-state index < -0.39 is 18.0 Å². The van der Waals surface area contributed by atoms with E-state index in [1.165, 1.54) is 11.0 Å². The normalized spacial score (nSPS) is 18.0. The van der Waals surface area contributed by atoms with Gasteiger partial charge in [-0.2, -0.15) is 0 Å². The second kappa shape index (κ2) is 10.9. The molecule has 0 saturated carbocycles. The van der Waals surface area contributed by atoms with Crippen LogP contribution in [-0.4, -0.2) is 68.9 Å². The van der Waals surface area contributed by atoms with E-state index in [-0.39, 0.29) is 25.6 Å². The first-order valence-electron chi connectivity index (χ1n) is 11.0. The van der Waals surface area contributed by atoms with E-state index in [4.69, 9.17) is 15.0 Å². The summed E-state index contributed by atoms with van der Waals surface area (Å²) in [5.74, 6) is -0.552. The van der Waals surface area contributed by atoms with Crippen LogP contribution in [0, 0.1) is 5.82 Å². The number of azide groups is 1. The first-order chi connectivity index (χ1) is 16.5. The van der Waals surface area contributed by atoms with Crippen LogP contribution in [0.3, 0.4) is 0 Å². The minimum atomic E-state index is -0.605. The Morgan fingerprint density at radius 2 is 1.94 bits per heavy atom. The Bertz CT molecular complexity index is 1070. The fraction of sp³-hybridized carbons (Fsp3) is 0.391. The van der Waals surface area contributed by atoms with E-state index in [1.807, 2.05) is 35.2 Å². The third kappa shape index (κ3) is 5.56. The molecule has 2 fully saturated rings. The number of benzene rings is 2. The molecule has 0 N–H and O–H groups in total. The molecule has 2 aromatic rings. The van der Waals surface area contributed by atoms with Crippen molar-refractivity contribution < 1.29 is 23.5 Å². The van der Waals surface area contributed by atoms with Crippen LogP contribution >= 0.6 is 0 Å². The number of piperazine rings is 1. The zero-order valence-corrected chi connectivity index (χ0v) is 18.5. The van der Waals surface area contributed by atoms with Crippen molar-refractivity contribution in [3.63, 3.8) is 0 Å². The van der Waals surface area contributed by atoms with E-state index in [2.05, 4.69) is 10.0 Å². The van der Waals surface area contributed by atoms with Crippen molar-refractivity contribution in [1.29, 1.82) is 0 Å². The highest BCUT2D eigenvalue weighted by Gasteiger charge is 2.32. The molecule has 0 aromatic heterocycles. The topological polar surface area (TPSA) is 111 Å². The summed E-state index contributed by atoms with van der Waals surface area (Å²) in [5, 5.41) is 3.42. The van der Waals surface area contributed by atoms with Crippen LogP contribution < -0.4 is 9.80 Å². The van der Waals surface area contributed by atoms with Gasteiger partial charge in [0.2, 0.25) is 5.91 Å². The largest absolute Gasteiger partial charge is 0.444 e. The summed E-state index contributed by atoms with van der Waals surface area (Å²) in [6, 6.07) is 14.2. The predicted molar refractivity (Wildman–Crippen MR) is 123 cm³/mol. The number of amides is 2. The quantitative estimate of drug-likeness (QED) is 0.335. The van der Waals surface area contributed by atoms with Crippen molar-refractivity contribution in [3.8, 4) is 0 Å². The van der Waals surface area contributed by atoms with Crippen LogP contribution in [0.5, 0.6) is 0 Å². The Hall–Kier alpha value is -3.82. The molecule has 2 heterocycles. The number of hydrogen-bond acceptors (Lipinski definition) is 6. The summed E-state index contributed by atoms with van der Waals surface area (Å²) in [6.45, 7) is 2.50. The number of anilines is 2. The minimum absolute atomic E-state index is 0.00452. The maximum absolute atomic E-state index is 14.9. The fourth-order valence-corrected chi connectivity index (χ4v) is 3.99. The monoisotopic (exact) mass is 468 g/mol. The van der Waals surface area contributed by atoms with Crippen LogP contribution in [0.2, 0.25) is 0 Å². The number of ether oxygens (including phenoxy) is 2. The van der Waals surface area contributed by atoms with Gasteiger partial charge in [0.1, 0.15) is 18.5 Å². The van der Waals surface area contributed by atoms with E-state index in [0.29, 0.717) is 44.2 Å². The third-order valence-electron chi connectivity index (χ3n) is 5.78. The molecule has 1 atom stereocenters. The molecule has 2 aliphatic rings. The average Bonchev–Trinajstić information content (AvgIpc) is 3.23. The molecule has 0 radical (unpaired) electrons. The minimum Gasteiger partial charge on any atom is -0.444 e. The molecule has 34 heavy (non-hydrogen) atoms. The Balaban J connectivity index is 1.28. The fourth-order valence-electron chi connectivity index (χ4n) is 3.99. The van der Waals surface area contributed by atoms with Crippen LogP contribution in [-0.2, 0) is 20.9 Å². The zero-order chi connectivity index (χ0) is 23.9. The van der Waals surface area contributed by atoms with Crippen molar-refractivity contribution in [2.75, 3.05) is 55.7 Å². The molecule has 0 unspecified atom stereocenters. The van der Waals surface area contributed by atoms with Gasteiger partial charge < -0.3 is 19.3 Å². The number of rotatable bonds is 8. The van der Waals surface area contributed by atoms with E-state index in [1.54, 1.807) is 17.0 Å². The second-order valence-electron chi connectivity index (χ2n) is 8.01. The lowest BCUT2D eigenvalue weighted by atomic mass is 10.2. The van der Waals surface area contributed by atoms with Gasteiger partial charge in [-0.25, -0.2) is 9.18 Å². The van der Waals surface area contributed by atoms with Gasteiger partial charge in [-0.05, 0) is 29.3 Å². The van der Waals surface area contributed by atoms with Crippen molar-refractivity contribution in [2.45, 2.75) is 12.7 Å². The summed E-state index contributed by atoms with van der Waals surface area (Å²) in [5.41, 5.74) is 10.2. The molecule has 2 aliphatic heterocycles. The van der Waals surface area contributed by atoms with Crippen molar-refractivity contribution >= 4 is 23.4 Å². The number of carbonyl (C=O) groups excluding carboxylic acids is 2. The molecule has 10 nitrogen and oxygen atoms in total. The number of nitrogens with zero attached hydrogens (tertiary/aromatic N) is 6. The zero-order valence-electron chi connectivity index (χ0n) is 18.5. The van der Waals surface area contributed by atoms with Crippen LogP contribution in [0.25, 0.3) is 10.4 Å².